The molecule has 1 aliphatic rings. The zero-order valence-corrected chi connectivity index (χ0v) is 11.4. The van der Waals surface area contributed by atoms with Gasteiger partial charge in [0.15, 0.2) is 0 Å². The molecule has 1 aromatic rings. The fourth-order valence-electron chi connectivity index (χ4n) is 1.92. The Balaban J connectivity index is 2.57. The third kappa shape index (κ3) is 1.93. The van der Waals surface area contributed by atoms with Gasteiger partial charge in [0.1, 0.15) is 5.41 Å². The van der Waals surface area contributed by atoms with Gasteiger partial charge in [-0.05, 0) is 38.5 Å². The molecular weight excluding hydrogens is 258 g/mol. The number of nitriles is 1. The van der Waals surface area contributed by atoms with Crippen LogP contribution in [0.15, 0.2) is 18.2 Å². The Kier molecular flexibility index (Phi) is 3.06. The highest BCUT2D eigenvalue weighted by Crippen LogP contribution is 2.30. The van der Waals surface area contributed by atoms with Crippen molar-refractivity contribution in [3.05, 3.63) is 29.3 Å². The van der Waals surface area contributed by atoms with Crippen LogP contribution in [0.3, 0.4) is 0 Å². The number of aryl methyl sites for hydroxylation is 1. The summed E-state index contributed by atoms with van der Waals surface area (Å²) in [5, 5.41) is 11.1. The smallest absolute Gasteiger partial charge is 0.276 e. The van der Waals surface area contributed by atoms with Crippen LogP contribution in [-0.4, -0.2) is 17.8 Å². The number of amides is 4. The van der Waals surface area contributed by atoms with E-state index in [0.29, 0.717) is 16.8 Å². The van der Waals surface area contributed by atoms with E-state index in [1.165, 1.54) is 19.9 Å². The van der Waals surface area contributed by atoms with Crippen molar-refractivity contribution >= 4 is 23.5 Å². The van der Waals surface area contributed by atoms with Crippen molar-refractivity contribution in [1.29, 1.82) is 5.26 Å². The van der Waals surface area contributed by atoms with Gasteiger partial charge >= 0.3 is 6.03 Å². The molecule has 1 fully saturated rings. The Morgan fingerprint density at radius 1 is 1.25 bits per heavy atom. The molecule has 1 N–H and O–H groups in total. The third-order valence-electron chi connectivity index (χ3n) is 3.31. The van der Waals surface area contributed by atoms with Gasteiger partial charge < -0.3 is 0 Å². The molecule has 102 valence electrons. The van der Waals surface area contributed by atoms with Crippen molar-refractivity contribution in [2.75, 3.05) is 4.90 Å². The van der Waals surface area contributed by atoms with Gasteiger partial charge in [-0.15, -0.1) is 0 Å². The maximum absolute atomic E-state index is 12.4. The maximum Gasteiger partial charge on any atom is 0.335 e. The summed E-state index contributed by atoms with van der Waals surface area (Å²) >= 11 is 0. The van der Waals surface area contributed by atoms with Crippen molar-refractivity contribution < 1.29 is 14.4 Å². The molecule has 0 atom stereocenters. The average Bonchev–Trinajstić information content (AvgIpc) is 2.39. The Morgan fingerprint density at radius 2 is 1.90 bits per heavy atom. The van der Waals surface area contributed by atoms with Gasteiger partial charge in [-0.1, -0.05) is 6.07 Å². The number of carbonyl (C=O) groups excluding carboxylic acids is 3. The quantitative estimate of drug-likeness (QED) is 0.783. The SMILES string of the molecule is Cc1ccc(C#N)cc1N1C(=O)NC(=O)C(C)(C)C1=O. The summed E-state index contributed by atoms with van der Waals surface area (Å²) in [7, 11) is 0. The van der Waals surface area contributed by atoms with Crippen LogP contribution in [0.25, 0.3) is 0 Å². The molecule has 6 nitrogen and oxygen atoms in total. The zero-order valence-electron chi connectivity index (χ0n) is 11.4. The van der Waals surface area contributed by atoms with Gasteiger partial charge in [-0.2, -0.15) is 5.26 Å². The number of imide groups is 2. The highest BCUT2D eigenvalue weighted by Gasteiger charge is 2.47. The second-order valence-corrected chi connectivity index (χ2v) is 5.14. The summed E-state index contributed by atoms with van der Waals surface area (Å²) < 4.78 is 0. The number of rotatable bonds is 1. The van der Waals surface area contributed by atoms with Crippen molar-refractivity contribution in [1.82, 2.24) is 5.32 Å². The molecule has 0 unspecified atom stereocenters. The summed E-state index contributed by atoms with van der Waals surface area (Å²) in [5.41, 5.74) is -0.0195. The molecule has 0 saturated carbocycles. The predicted octanol–water partition coefficient (Wildman–Crippen LogP) is 1.48. The van der Waals surface area contributed by atoms with Crippen LogP contribution in [-0.2, 0) is 9.59 Å². The second kappa shape index (κ2) is 4.46. The van der Waals surface area contributed by atoms with Gasteiger partial charge in [0, 0.05) is 0 Å². The molecule has 1 heterocycles. The standard InChI is InChI=1S/C14H13N3O3/c1-8-4-5-9(7-15)6-10(8)17-12(19)14(2,3)11(18)16-13(17)20/h4-6H,1-3H3,(H,16,18,20). The maximum atomic E-state index is 12.4. The molecule has 4 amide bonds. The van der Waals surface area contributed by atoms with E-state index in [2.05, 4.69) is 5.32 Å². The summed E-state index contributed by atoms with van der Waals surface area (Å²) in [4.78, 5) is 36.9. The fourth-order valence-corrected chi connectivity index (χ4v) is 1.92. The van der Waals surface area contributed by atoms with E-state index in [1.807, 2.05) is 6.07 Å². The number of hydrogen-bond acceptors (Lipinski definition) is 4. The molecule has 0 aliphatic carbocycles. The van der Waals surface area contributed by atoms with Crippen LogP contribution < -0.4 is 10.2 Å². The van der Waals surface area contributed by atoms with E-state index in [4.69, 9.17) is 5.26 Å². The van der Waals surface area contributed by atoms with Crippen molar-refractivity contribution in [2.45, 2.75) is 20.8 Å². The average molecular weight is 271 g/mol. The van der Waals surface area contributed by atoms with Crippen LogP contribution in [0.2, 0.25) is 0 Å². The first-order valence-electron chi connectivity index (χ1n) is 5.99. The van der Waals surface area contributed by atoms with E-state index in [-0.39, 0.29) is 0 Å². The van der Waals surface area contributed by atoms with E-state index in [0.717, 1.165) is 4.90 Å². The number of hydrogen-bond donors (Lipinski definition) is 1. The Bertz CT molecular complexity index is 671. The Labute approximate surface area is 116 Å². The Morgan fingerprint density at radius 3 is 2.50 bits per heavy atom. The monoisotopic (exact) mass is 271 g/mol. The molecule has 6 heteroatoms. The number of urea groups is 1. The largest absolute Gasteiger partial charge is 0.335 e. The van der Waals surface area contributed by atoms with Crippen LogP contribution in [0, 0.1) is 23.7 Å². The minimum absolute atomic E-state index is 0.312. The summed E-state index contributed by atoms with van der Waals surface area (Å²) in [6, 6.07) is 5.87. The number of barbiturate groups is 1. The second-order valence-electron chi connectivity index (χ2n) is 5.14. The van der Waals surface area contributed by atoms with E-state index in [9.17, 15) is 14.4 Å². The lowest BCUT2D eigenvalue weighted by Crippen LogP contribution is -2.62. The molecule has 0 radical (unpaired) electrons. The van der Waals surface area contributed by atoms with Crippen molar-refractivity contribution in [2.24, 2.45) is 5.41 Å². The summed E-state index contributed by atoms with van der Waals surface area (Å²) in [6.07, 6.45) is 0. The summed E-state index contributed by atoms with van der Waals surface area (Å²) in [5.74, 6) is -1.23. The molecule has 20 heavy (non-hydrogen) atoms. The first-order chi connectivity index (χ1) is 9.28. The minimum Gasteiger partial charge on any atom is -0.276 e. The van der Waals surface area contributed by atoms with Crippen LogP contribution in [0.1, 0.15) is 25.0 Å². The van der Waals surface area contributed by atoms with Crippen molar-refractivity contribution in [3.63, 3.8) is 0 Å². The number of nitrogens with one attached hydrogen (secondary N) is 1. The van der Waals surface area contributed by atoms with E-state index in [1.54, 1.807) is 19.1 Å². The zero-order chi connectivity index (χ0) is 15.1. The number of anilines is 1. The lowest BCUT2D eigenvalue weighted by atomic mass is 9.88. The predicted molar refractivity (Wildman–Crippen MR) is 70.7 cm³/mol. The van der Waals surface area contributed by atoms with Gasteiger partial charge in [0.2, 0.25) is 11.8 Å². The van der Waals surface area contributed by atoms with Gasteiger partial charge in [0.05, 0.1) is 17.3 Å². The lowest BCUT2D eigenvalue weighted by molar-refractivity contribution is -0.140. The van der Waals surface area contributed by atoms with E-state index < -0.39 is 23.3 Å². The molecule has 1 aromatic carbocycles. The normalized spacial score (nSPS) is 17.7. The molecular formula is C14H13N3O3. The van der Waals surface area contributed by atoms with Crippen LogP contribution in [0.4, 0.5) is 10.5 Å². The topological polar surface area (TPSA) is 90.3 Å². The third-order valence-corrected chi connectivity index (χ3v) is 3.31. The van der Waals surface area contributed by atoms with Crippen molar-refractivity contribution in [3.8, 4) is 6.07 Å². The fraction of sp³-hybridized carbons (Fsp3) is 0.286. The number of carbonyl (C=O) groups is 3. The summed E-state index contributed by atoms with van der Waals surface area (Å²) in [6.45, 7) is 4.63. The van der Waals surface area contributed by atoms with E-state index >= 15 is 0 Å². The van der Waals surface area contributed by atoms with Gasteiger partial charge in [-0.3, -0.25) is 14.9 Å². The molecule has 0 aromatic heterocycles. The molecule has 0 spiro atoms. The first-order valence-corrected chi connectivity index (χ1v) is 5.99. The van der Waals surface area contributed by atoms with Crippen LogP contribution in [0.5, 0.6) is 0 Å². The molecule has 1 saturated heterocycles. The minimum atomic E-state index is -1.33. The first kappa shape index (κ1) is 13.7. The molecule has 0 bridgehead atoms. The highest BCUT2D eigenvalue weighted by atomic mass is 16.2. The molecule has 1 aliphatic heterocycles. The number of benzene rings is 1. The van der Waals surface area contributed by atoms with Gasteiger partial charge in [-0.25, -0.2) is 9.69 Å². The Hall–Kier alpha value is -2.68. The van der Waals surface area contributed by atoms with Gasteiger partial charge in [0.25, 0.3) is 0 Å². The highest BCUT2D eigenvalue weighted by molar-refractivity contribution is 6.29. The molecule has 2 rings (SSSR count). The lowest BCUT2D eigenvalue weighted by Gasteiger charge is -2.35. The van der Waals surface area contributed by atoms with Crippen LogP contribution >= 0.6 is 0 Å². The number of nitrogens with zero attached hydrogens (tertiary/aromatic N) is 2.